The van der Waals surface area contributed by atoms with Gasteiger partial charge in [0.15, 0.2) is 0 Å². The lowest BCUT2D eigenvalue weighted by atomic mass is 9.97. The summed E-state index contributed by atoms with van der Waals surface area (Å²) in [5, 5.41) is 13.6. The van der Waals surface area contributed by atoms with Gasteiger partial charge in [0.2, 0.25) is 11.0 Å². The molecular formula is C15H18N6O2S. The van der Waals surface area contributed by atoms with Crippen molar-refractivity contribution in [3.05, 3.63) is 35.6 Å². The Morgan fingerprint density at radius 1 is 1.38 bits per heavy atom. The minimum Gasteiger partial charge on any atom is -0.332 e. The van der Waals surface area contributed by atoms with E-state index in [9.17, 15) is 9.59 Å². The van der Waals surface area contributed by atoms with Gasteiger partial charge in [-0.05, 0) is 25.0 Å². The number of urea groups is 1. The van der Waals surface area contributed by atoms with E-state index < -0.39 is 0 Å². The first-order chi connectivity index (χ1) is 11.7. The number of nitrogens with zero attached hydrogens (tertiary/aromatic N) is 4. The maximum atomic E-state index is 12.3. The van der Waals surface area contributed by atoms with Gasteiger partial charge in [-0.2, -0.15) is 0 Å². The molecule has 0 unspecified atom stereocenters. The number of nitrogens with one attached hydrogen (secondary N) is 2. The summed E-state index contributed by atoms with van der Waals surface area (Å²) in [5.41, 5.74) is 2.36. The number of piperidine rings is 1. The van der Waals surface area contributed by atoms with Gasteiger partial charge < -0.3 is 15.5 Å². The first-order valence-corrected chi connectivity index (χ1v) is 8.60. The maximum absolute atomic E-state index is 12.3. The number of carbonyl (C=O) groups is 2. The van der Waals surface area contributed by atoms with Crippen LogP contribution in [0.1, 0.15) is 18.5 Å². The van der Waals surface area contributed by atoms with Crippen molar-refractivity contribution in [2.45, 2.75) is 19.4 Å². The Morgan fingerprint density at radius 3 is 3.04 bits per heavy atom. The average Bonchev–Trinajstić information content (AvgIpc) is 3.13. The standard InChI is InChI=1S/C15H18N6O2S/c22-13(19-14-20-18-10-24-14)11-4-3-7-21(9-11)15(23)17-8-12-5-1-2-6-16-12/h1-2,5-6,10-11H,3-4,7-9H2,(H,17,23)(H,19,20,22)/t11-/m1/s1. The number of pyridine rings is 1. The molecule has 0 aromatic carbocycles. The molecular weight excluding hydrogens is 328 g/mol. The van der Waals surface area contributed by atoms with Crippen LogP contribution >= 0.6 is 11.3 Å². The van der Waals surface area contributed by atoms with Crippen LogP contribution in [0.5, 0.6) is 0 Å². The summed E-state index contributed by atoms with van der Waals surface area (Å²) in [6.45, 7) is 1.42. The van der Waals surface area contributed by atoms with E-state index in [1.165, 1.54) is 11.3 Å². The number of carbonyl (C=O) groups excluding carboxylic acids is 2. The largest absolute Gasteiger partial charge is 0.332 e. The molecule has 3 heterocycles. The van der Waals surface area contributed by atoms with Crippen LogP contribution in [0.15, 0.2) is 29.9 Å². The molecule has 0 spiro atoms. The third-order valence-electron chi connectivity index (χ3n) is 3.82. The molecule has 0 saturated carbocycles. The number of hydrogen-bond donors (Lipinski definition) is 2. The van der Waals surface area contributed by atoms with Gasteiger partial charge >= 0.3 is 6.03 Å². The highest BCUT2D eigenvalue weighted by molar-refractivity contribution is 7.13. The zero-order chi connectivity index (χ0) is 16.8. The van der Waals surface area contributed by atoms with Crippen molar-refractivity contribution in [2.75, 3.05) is 18.4 Å². The predicted molar refractivity (Wildman–Crippen MR) is 89.3 cm³/mol. The molecule has 1 aliphatic heterocycles. The Kier molecular flexibility index (Phi) is 5.32. The van der Waals surface area contributed by atoms with Crippen LogP contribution in [0.2, 0.25) is 0 Å². The van der Waals surface area contributed by atoms with Crippen LogP contribution < -0.4 is 10.6 Å². The van der Waals surface area contributed by atoms with Crippen molar-refractivity contribution in [1.82, 2.24) is 25.4 Å². The van der Waals surface area contributed by atoms with Crippen LogP contribution in [-0.4, -0.2) is 45.1 Å². The van der Waals surface area contributed by atoms with Gasteiger partial charge in [0, 0.05) is 19.3 Å². The van der Waals surface area contributed by atoms with Crippen molar-refractivity contribution in [3.8, 4) is 0 Å². The summed E-state index contributed by atoms with van der Waals surface area (Å²) in [4.78, 5) is 30.4. The fourth-order valence-electron chi connectivity index (χ4n) is 2.59. The molecule has 24 heavy (non-hydrogen) atoms. The number of anilines is 1. The van der Waals surface area contributed by atoms with E-state index in [4.69, 9.17) is 0 Å². The second kappa shape index (κ2) is 7.82. The molecule has 3 amide bonds. The van der Waals surface area contributed by atoms with Gasteiger partial charge in [0.25, 0.3) is 0 Å². The van der Waals surface area contributed by atoms with Gasteiger partial charge in [-0.25, -0.2) is 4.79 Å². The lowest BCUT2D eigenvalue weighted by molar-refractivity contribution is -0.121. The van der Waals surface area contributed by atoms with E-state index in [1.54, 1.807) is 16.6 Å². The molecule has 1 aliphatic rings. The van der Waals surface area contributed by atoms with E-state index in [2.05, 4.69) is 25.8 Å². The highest BCUT2D eigenvalue weighted by Gasteiger charge is 2.28. The summed E-state index contributed by atoms with van der Waals surface area (Å²) >= 11 is 1.27. The molecule has 2 aromatic heterocycles. The van der Waals surface area contributed by atoms with Crippen molar-refractivity contribution in [3.63, 3.8) is 0 Å². The lowest BCUT2D eigenvalue weighted by Crippen LogP contribution is -2.47. The average molecular weight is 346 g/mol. The second-order valence-electron chi connectivity index (χ2n) is 5.50. The van der Waals surface area contributed by atoms with Gasteiger partial charge in [-0.15, -0.1) is 10.2 Å². The molecule has 9 heteroatoms. The molecule has 126 valence electrons. The smallest absolute Gasteiger partial charge is 0.317 e. The number of amides is 3. The monoisotopic (exact) mass is 346 g/mol. The summed E-state index contributed by atoms with van der Waals surface area (Å²) in [7, 11) is 0. The van der Waals surface area contributed by atoms with E-state index in [0.717, 1.165) is 18.5 Å². The number of rotatable bonds is 4. The zero-order valence-corrected chi connectivity index (χ0v) is 13.8. The quantitative estimate of drug-likeness (QED) is 0.874. The van der Waals surface area contributed by atoms with E-state index in [1.807, 2.05) is 18.2 Å². The van der Waals surface area contributed by atoms with Crippen molar-refractivity contribution < 1.29 is 9.59 Å². The molecule has 1 atom stereocenters. The van der Waals surface area contributed by atoms with Crippen LogP contribution in [-0.2, 0) is 11.3 Å². The fraction of sp³-hybridized carbons (Fsp3) is 0.400. The highest BCUT2D eigenvalue weighted by atomic mass is 32.1. The molecule has 2 aromatic rings. The predicted octanol–water partition coefficient (Wildman–Crippen LogP) is 1.49. The Hall–Kier alpha value is -2.55. The van der Waals surface area contributed by atoms with Gasteiger partial charge in [-0.1, -0.05) is 17.4 Å². The Balaban J connectivity index is 1.51. The van der Waals surface area contributed by atoms with Crippen LogP contribution in [0.3, 0.4) is 0 Å². The summed E-state index contributed by atoms with van der Waals surface area (Å²) in [5.74, 6) is -0.350. The minimum atomic E-state index is -0.233. The lowest BCUT2D eigenvalue weighted by Gasteiger charge is -2.31. The van der Waals surface area contributed by atoms with Crippen molar-refractivity contribution in [1.29, 1.82) is 0 Å². The summed E-state index contributed by atoms with van der Waals surface area (Å²) < 4.78 is 0. The SMILES string of the molecule is O=C(Nc1nncs1)[C@@H]1CCCN(C(=O)NCc2ccccn2)C1. The number of likely N-dealkylation sites (tertiary alicyclic amines) is 1. The second-order valence-corrected chi connectivity index (χ2v) is 6.33. The molecule has 0 radical (unpaired) electrons. The normalized spacial score (nSPS) is 17.3. The molecule has 8 nitrogen and oxygen atoms in total. The van der Waals surface area contributed by atoms with Gasteiger partial charge in [0.1, 0.15) is 5.51 Å². The Bertz CT molecular complexity index is 679. The van der Waals surface area contributed by atoms with Crippen LogP contribution in [0, 0.1) is 5.92 Å². The van der Waals surface area contributed by atoms with E-state index in [-0.39, 0.29) is 17.9 Å². The number of aromatic nitrogens is 3. The molecule has 0 bridgehead atoms. The van der Waals surface area contributed by atoms with Gasteiger partial charge in [-0.3, -0.25) is 9.78 Å². The van der Waals surface area contributed by atoms with E-state index >= 15 is 0 Å². The minimum absolute atomic E-state index is 0.117. The molecule has 1 saturated heterocycles. The first-order valence-electron chi connectivity index (χ1n) is 7.72. The zero-order valence-electron chi connectivity index (χ0n) is 13.0. The fourth-order valence-corrected chi connectivity index (χ4v) is 3.04. The van der Waals surface area contributed by atoms with E-state index in [0.29, 0.717) is 24.8 Å². The van der Waals surface area contributed by atoms with Crippen LogP contribution in [0.25, 0.3) is 0 Å². The third kappa shape index (κ3) is 4.25. The molecule has 1 fully saturated rings. The molecule has 0 aliphatic carbocycles. The topological polar surface area (TPSA) is 100 Å². The van der Waals surface area contributed by atoms with Crippen LogP contribution in [0.4, 0.5) is 9.93 Å². The number of hydrogen-bond acceptors (Lipinski definition) is 6. The Morgan fingerprint density at radius 2 is 2.29 bits per heavy atom. The molecule has 3 rings (SSSR count). The van der Waals surface area contributed by atoms with Crippen molar-refractivity contribution in [2.24, 2.45) is 5.92 Å². The van der Waals surface area contributed by atoms with Gasteiger partial charge in [0.05, 0.1) is 18.2 Å². The highest BCUT2D eigenvalue weighted by Crippen LogP contribution is 2.19. The maximum Gasteiger partial charge on any atom is 0.317 e. The summed E-state index contributed by atoms with van der Waals surface area (Å²) in [6.07, 6.45) is 3.25. The first kappa shape index (κ1) is 16.3. The Labute approximate surface area is 143 Å². The summed E-state index contributed by atoms with van der Waals surface area (Å²) in [6, 6.07) is 5.39. The van der Waals surface area contributed by atoms with Crippen molar-refractivity contribution >= 4 is 28.4 Å². The third-order valence-corrected chi connectivity index (χ3v) is 4.42. The molecule has 2 N–H and O–H groups in total.